The van der Waals surface area contributed by atoms with Crippen molar-refractivity contribution in [2.75, 3.05) is 6.26 Å². The van der Waals surface area contributed by atoms with Crippen LogP contribution in [0.1, 0.15) is 17.3 Å². The number of carbonyl (C=O) groups is 1. The van der Waals surface area contributed by atoms with Crippen LogP contribution in [0.25, 0.3) is 0 Å². The van der Waals surface area contributed by atoms with Gasteiger partial charge in [0.1, 0.15) is 0 Å². The molecule has 0 saturated heterocycles. The molecule has 0 heterocycles. The summed E-state index contributed by atoms with van der Waals surface area (Å²) in [5, 5.41) is 3.03. The topological polar surface area (TPSA) is 29.1 Å². The third kappa shape index (κ3) is 3.11. The number of amides is 1. The van der Waals surface area contributed by atoms with Crippen LogP contribution in [0.15, 0.2) is 30.3 Å². The number of nitrogens with one attached hydrogen (secondary N) is 1. The molecule has 0 aromatic heterocycles. The van der Waals surface area contributed by atoms with Crippen LogP contribution in [-0.2, 0) is 0 Å². The van der Waals surface area contributed by atoms with Crippen molar-refractivity contribution in [1.82, 2.24) is 5.32 Å². The third-order valence-corrected chi connectivity index (χ3v) is 2.55. The SMILES string of the molecule is CSC(C)NC(=O)c1ccccc1. The van der Waals surface area contributed by atoms with Crippen molar-refractivity contribution >= 4 is 17.7 Å². The molecule has 1 amide bonds. The van der Waals surface area contributed by atoms with E-state index in [1.54, 1.807) is 11.8 Å². The van der Waals surface area contributed by atoms with Crippen LogP contribution in [0, 0.1) is 0 Å². The molecular formula is C10H13NOS. The van der Waals surface area contributed by atoms with Crippen molar-refractivity contribution in [3.05, 3.63) is 35.9 Å². The van der Waals surface area contributed by atoms with Gasteiger partial charge in [-0.25, -0.2) is 0 Å². The first-order valence-corrected chi connectivity index (χ1v) is 5.41. The molecule has 70 valence electrons. The molecule has 0 radical (unpaired) electrons. The molecule has 1 rings (SSSR count). The molecule has 0 fully saturated rings. The predicted octanol–water partition coefficient (Wildman–Crippen LogP) is 2.13. The minimum absolute atomic E-state index is 0.0116. The molecule has 1 atom stereocenters. The molecule has 0 saturated carbocycles. The summed E-state index contributed by atoms with van der Waals surface area (Å²) in [6.45, 7) is 1.96. The van der Waals surface area contributed by atoms with Crippen LogP contribution in [0.4, 0.5) is 0 Å². The fourth-order valence-electron chi connectivity index (χ4n) is 0.916. The van der Waals surface area contributed by atoms with Crippen LogP contribution < -0.4 is 5.32 Å². The smallest absolute Gasteiger partial charge is 0.252 e. The largest absolute Gasteiger partial charge is 0.341 e. The van der Waals surface area contributed by atoms with Crippen molar-refractivity contribution in [2.45, 2.75) is 12.3 Å². The Bertz CT molecular complexity index is 274. The Morgan fingerprint density at radius 1 is 1.38 bits per heavy atom. The van der Waals surface area contributed by atoms with Crippen molar-refractivity contribution < 1.29 is 4.79 Å². The Balaban J connectivity index is 2.59. The maximum absolute atomic E-state index is 11.5. The summed E-state index contributed by atoms with van der Waals surface area (Å²) in [5.41, 5.74) is 0.711. The van der Waals surface area contributed by atoms with Crippen molar-refractivity contribution in [2.24, 2.45) is 0 Å². The first kappa shape index (κ1) is 10.1. The highest BCUT2D eigenvalue weighted by Gasteiger charge is 2.06. The predicted molar refractivity (Wildman–Crippen MR) is 56.9 cm³/mol. The van der Waals surface area contributed by atoms with Gasteiger partial charge in [-0.05, 0) is 25.3 Å². The first-order valence-electron chi connectivity index (χ1n) is 4.12. The highest BCUT2D eigenvalue weighted by Crippen LogP contribution is 2.03. The van der Waals surface area contributed by atoms with Crippen LogP contribution in [0.3, 0.4) is 0 Å². The van der Waals surface area contributed by atoms with Crippen LogP contribution in [0.2, 0.25) is 0 Å². The molecule has 1 unspecified atom stereocenters. The van der Waals surface area contributed by atoms with Gasteiger partial charge in [-0.3, -0.25) is 4.79 Å². The monoisotopic (exact) mass is 195 g/mol. The second-order valence-corrected chi connectivity index (χ2v) is 3.90. The summed E-state index contributed by atoms with van der Waals surface area (Å²) < 4.78 is 0. The van der Waals surface area contributed by atoms with E-state index < -0.39 is 0 Å². The molecule has 0 spiro atoms. The molecule has 0 aliphatic heterocycles. The average Bonchev–Trinajstić information content (AvgIpc) is 2.19. The van der Waals surface area contributed by atoms with E-state index in [-0.39, 0.29) is 11.3 Å². The van der Waals surface area contributed by atoms with Crippen LogP contribution >= 0.6 is 11.8 Å². The summed E-state index contributed by atoms with van der Waals surface area (Å²) >= 11 is 1.62. The Labute approximate surface area is 82.7 Å². The maximum Gasteiger partial charge on any atom is 0.252 e. The van der Waals surface area contributed by atoms with Gasteiger partial charge in [0.15, 0.2) is 0 Å². The van der Waals surface area contributed by atoms with Gasteiger partial charge in [0.2, 0.25) is 0 Å². The zero-order valence-electron chi connectivity index (χ0n) is 7.78. The van der Waals surface area contributed by atoms with E-state index in [4.69, 9.17) is 0 Å². The van der Waals surface area contributed by atoms with Crippen molar-refractivity contribution in [3.8, 4) is 0 Å². The molecule has 3 heteroatoms. The van der Waals surface area contributed by atoms with Crippen molar-refractivity contribution in [3.63, 3.8) is 0 Å². The van der Waals surface area contributed by atoms with E-state index >= 15 is 0 Å². The fraction of sp³-hybridized carbons (Fsp3) is 0.300. The van der Waals surface area contributed by atoms with Gasteiger partial charge < -0.3 is 5.32 Å². The molecule has 1 aromatic carbocycles. The second kappa shape index (κ2) is 4.92. The summed E-state index contributed by atoms with van der Waals surface area (Å²) in [6, 6.07) is 9.23. The third-order valence-electron chi connectivity index (χ3n) is 1.72. The number of hydrogen-bond acceptors (Lipinski definition) is 2. The molecule has 2 nitrogen and oxygen atoms in total. The van der Waals surface area contributed by atoms with Gasteiger partial charge in [0, 0.05) is 5.56 Å². The minimum Gasteiger partial charge on any atom is -0.341 e. The lowest BCUT2D eigenvalue weighted by atomic mass is 10.2. The summed E-state index contributed by atoms with van der Waals surface area (Å²) in [5.74, 6) is -0.0116. The zero-order valence-corrected chi connectivity index (χ0v) is 8.60. The van der Waals surface area contributed by atoms with Gasteiger partial charge in [0.25, 0.3) is 5.91 Å². The maximum atomic E-state index is 11.5. The van der Waals surface area contributed by atoms with E-state index in [9.17, 15) is 4.79 Å². The number of hydrogen-bond donors (Lipinski definition) is 1. The standard InChI is InChI=1S/C10H13NOS/c1-8(13-2)11-10(12)9-6-4-3-5-7-9/h3-8H,1-2H3,(H,11,12). The van der Waals surface area contributed by atoms with Crippen molar-refractivity contribution in [1.29, 1.82) is 0 Å². The first-order chi connectivity index (χ1) is 6.24. The number of rotatable bonds is 3. The lowest BCUT2D eigenvalue weighted by Crippen LogP contribution is -2.29. The van der Waals surface area contributed by atoms with E-state index in [1.165, 1.54) is 0 Å². The van der Waals surface area contributed by atoms with Gasteiger partial charge in [-0.15, -0.1) is 11.8 Å². The van der Waals surface area contributed by atoms with Crippen LogP contribution in [0.5, 0.6) is 0 Å². The highest BCUT2D eigenvalue weighted by molar-refractivity contribution is 7.99. The Morgan fingerprint density at radius 2 is 2.00 bits per heavy atom. The van der Waals surface area contributed by atoms with Gasteiger partial charge >= 0.3 is 0 Å². The minimum atomic E-state index is -0.0116. The summed E-state index contributed by atoms with van der Waals surface area (Å²) in [4.78, 5) is 11.5. The Hall–Kier alpha value is -0.960. The molecular weight excluding hydrogens is 182 g/mol. The highest BCUT2D eigenvalue weighted by atomic mass is 32.2. The van der Waals surface area contributed by atoms with Gasteiger partial charge in [-0.1, -0.05) is 18.2 Å². The average molecular weight is 195 g/mol. The number of carbonyl (C=O) groups excluding carboxylic acids is 1. The van der Waals surface area contributed by atoms with E-state index in [0.717, 1.165) is 0 Å². The molecule has 1 N–H and O–H groups in total. The lowest BCUT2D eigenvalue weighted by molar-refractivity contribution is 0.0952. The zero-order chi connectivity index (χ0) is 9.68. The quantitative estimate of drug-likeness (QED) is 0.749. The van der Waals surface area contributed by atoms with Gasteiger partial charge in [-0.2, -0.15) is 0 Å². The Kier molecular flexibility index (Phi) is 3.83. The normalized spacial score (nSPS) is 12.2. The lowest BCUT2D eigenvalue weighted by Gasteiger charge is -2.10. The van der Waals surface area contributed by atoms with E-state index in [2.05, 4.69) is 5.32 Å². The molecule has 0 bridgehead atoms. The number of thioether (sulfide) groups is 1. The van der Waals surface area contributed by atoms with E-state index in [1.807, 2.05) is 43.5 Å². The summed E-state index contributed by atoms with van der Waals surface area (Å²) in [6.07, 6.45) is 1.97. The summed E-state index contributed by atoms with van der Waals surface area (Å²) in [7, 11) is 0. The second-order valence-electron chi connectivity index (χ2n) is 2.72. The fourth-order valence-corrected chi connectivity index (χ4v) is 1.14. The Morgan fingerprint density at radius 3 is 2.54 bits per heavy atom. The van der Waals surface area contributed by atoms with Crippen LogP contribution in [-0.4, -0.2) is 17.5 Å². The number of benzene rings is 1. The van der Waals surface area contributed by atoms with Gasteiger partial charge in [0.05, 0.1) is 5.37 Å². The molecule has 0 aliphatic rings. The molecule has 0 aliphatic carbocycles. The molecule has 13 heavy (non-hydrogen) atoms. The molecule has 1 aromatic rings. The van der Waals surface area contributed by atoms with E-state index in [0.29, 0.717) is 5.56 Å².